The number of aliphatic carboxylic acids is 1. The molecule has 2 aromatic rings. The van der Waals surface area contributed by atoms with Crippen molar-refractivity contribution in [2.75, 3.05) is 0 Å². The van der Waals surface area contributed by atoms with Gasteiger partial charge >= 0.3 is 5.97 Å². The van der Waals surface area contributed by atoms with E-state index in [1.165, 1.54) is 18.3 Å². The molecule has 0 fully saturated rings. The van der Waals surface area contributed by atoms with Crippen molar-refractivity contribution < 1.29 is 14.3 Å². The van der Waals surface area contributed by atoms with E-state index in [9.17, 15) is 9.18 Å². The molecule has 5 heteroatoms. The number of carboxylic acid groups (broad SMARTS) is 1. The number of carboxylic acids is 1. The zero-order valence-electron chi connectivity index (χ0n) is 7.12. The van der Waals surface area contributed by atoms with Gasteiger partial charge in [-0.2, -0.15) is 5.10 Å². The Morgan fingerprint density at radius 2 is 2.36 bits per heavy atom. The summed E-state index contributed by atoms with van der Waals surface area (Å²) in [5, 5.41) is 15.5. The Morgan fingerprint density at radius 3 is 3.07 bits per heavy atom. The van der Waals surface area contributed by atoms with E-state index in [2.05, 4.69) is 10.2 Å². The average molecular weight is 194 g/mol. The summed E-state index contributed by atoms with van der Waals surface area (Å²) in [6.07, 6.45) is 1.17. The molecule has 0 unspecified atom stereocenters. The minimum absolute atomic E-state index is 0.170. The fourth-order valence-corrected chi connectivity index (χ4v) is 1.38. The van der Waals surface area contributed by atoms with Crippen LogP contribution in [0.25, 0.3) is 10.9 Å². The van der Waals surface area contributed by atoms with Crippen LogP contribution in [-0.4, -0.2) is 21.3 Å². The van der Waals surface area contributed by atoms with E-state index in [4.69, 9.17) is 5.11 Å². The van der Waals surface area contributed by atoms with Gasteiger partial charge in [-0.25, -0.2) is 4.39 Å². The molecule has 0 spiro atoms. The monoisotopic (exact) mass is 194 g/mol. The van der Waals surface area contributed by atoms with Crippen LogP contribution in [0.2, 0.25) is 0 Å². The largest absolute Gasteiger partial charge is 0.481 e. The van der Waals surface area contributed by atoms with Gasteiger partial charge in [-0.3, -0.25) is 9.89 Å². The first-order valence-corrected chi connectivity index (χ1v) is 4.01. The van der Waals surface area contributed by atoms with E-state index in [1.807, 2.05) is 0 Å². The molecule has 1 aromatic carbocycles. The molecule has 0 atom stereocenters. The molecule has 0 radical (unpaired) electrons. The van der Waals surface area contributed by atoms with Crippen molar-refractivity contribution in [3.8, 4) is 0 Å². The highest BCUT2D eigenvalue weighted by Crippen LogP contribution is 2.19. The number of halogens is 1. The molecule has 4 nitrogen and oxygen atoms in total. The zero-order valence-corrected chi connectivity index (χ0v) is 7.12. The predicted molar refractivity (Wildman–Crippen MR) is 47.4 cm³/mol. The smallest absolute Gasteiger partial charge is 0.307 e. The predicted octanol–water partition coefficient (Wildman–Crippen LogP) is 1.33. The van der Waals surface area contributed by atoms with Crippen LogP contribution in [0.1, 0.15) is 5.56 Å². The van der Waals surface area contributed by atoms with Crippen molar-refractivity contribution in [3.63, 3.8) is 0 Å². The van der Waals surface area contributed by atoms with Crippen LogP contribution >= 0.6 is 0 Å². The summed E-state index contributed by atoms with van der Waals surface area (Å²) in [7, 11) is 0. The van der Waals surface area contributed by atoms with Gasteiger partial charge in [0.1, 0.15) is 5.82 Å². The van der Waals surface area contributed by atoms with Gasteiger partial charge in [0, 0.05) is 17.1 Å². The molecule has 1 heterocycles. The summed E-state index contributed by atoms with van der Waals surface area (Å²) in [6, 6.07) is 2.73. The lowest BCUT2D eigenvalue weighted by molar-refractivity contribution is -0.136. The van der Waals surface area contributed by atoms with Crippen molar-refractivity contribution in [2.24, 2.45) is 0 Å². The Kier molecular flexibility index (Phi) is 1.92. The van der Waals surface area contributed by atoms with Gasteiger partial charge in [-0.05, 0) is 12.1 Å². The topological polar surface area (TPSA) is 66.0 Å². The van der Waals surface area contributed by atoms with Crippen molar-refractivity contribution in [2.45, 2.75) is 6.42 Å². The molecule has 0 bridgehead atoms. The number of aromatic nitrogens is 2. The minimum Gasteiger partial charge on any atom is -0.481 e. The maximum atomic E-state index is 13.3. The number of rotatable bonds is 2. The number of carbonyl (C=O) groups is 1. The number of aromatic amines is 1. The number of fused-ring (bicyclic) bond motifs is 1. The lowest BCUT2D eigenvalue weighted by atomic mass is 10.1. The summed E-state index contributed by atoms with van der Waals surface area (Å²) < 4.78 is 13.3. The maximum Gasteiger partial charge on any atom is 0.307 e. The molecule has 1 aromatic heterocycles. The molecule has 72 valence electrons. The Bertz CT molecular complexity index is 493. The molecule has 0 amide bonds. The summed E-state index contributed by atoms with van der Waals surface area (Å²) >= 11 is 0. The van der Waals surface area contributed by atoms with Gasteiger partial charge in [0.2, 0.25) is 0 Å². The van der Waals surface area contributed by atoms with Gasteiger partial charge in [0.15, 0.2) is 0 Å². The van der Waals surface area contributed by atoms with E-state index in [-0.39, 0.29) is 12.0 Å². The number of nitrogens with zero attached hydrogens (tertiary/aromatic N) is 1. The Hall–Kier alpha value is -1.91. The minimum atomic E-state index is -1.06. The molecule has 2 N–H and O–H groups in total. The van der Waals surface area contributed by atoms with Gasteiger partial charge in [-0.15, -0.1) is 0 Å². The van der Waals surface area contributed by atoms with Gasteiger partial charge < -0.3 is 5.11 Å². The lowest BCUT2D eigenvalue weighted by Gasteiger charge is -2.00. The molecule has 0 aliphatic heterocycles. The molecule has 2 rings (SSSR count). The Morgan fingerprint density at radius 1 is 1.57 bits per heavy atom. The molecule has 0 aliphatic carbocycles. The standard InChI is InChI=1S/C9H7FN2O2/c10-7-1-2-8-6(4-11-12-8)5(7)3-9(13)14/h1-2,4H,3H2,(H,11,12)(H,13,14). The highest BCUT2D eigenvalue weighted by molar-refractivity contribution is 5.85. The molecule has 0 saturated heterocycles. The first-order chi connectivity index (χ1) is 6.68. The fraction of sp³-hybridized carbons (Fsp3) is 0.111. The van der Waals surface area contributed by atoms with E-state index < -0.39 is 11.8 Å². The van der Waals surface area contributed by atoms with E-state index >= 15 is 0 Å². The SMILES string of the molecule is O=C(O)Cc1c(F)ccc2n[nH]cc12. The van der Waals surface area contributed by atoms with Crippen LogP contribution in [0.5, 0.6) is 0 Å². The van der Waals surface area contributed by atoms with Crippen molar-refractivity contribution in [1.29, 1.82) is 0 Å². The summed E-state index contributed by atoms with van der Waals surface area (Å²) in [6.45, 7) is 0. The molecule has 0 aliphatic rings. The van der Waals surface area contributed by atoms with E-state index in [0.717, 1.165) is 0 Å². The number of benzene rings is 1. The highest BCUT2D eigenvalue weighted by Gasteiger charge is 2.12. The lowest BCUT2D eigenvalue weighted by Crippen LogP contribution is -2.02. The van der Waals surface area contributed by atoms with Crippen LogP contribution in [0.3, 0.4) is 0 Å². The van der Waals surface area contributed by atoms with Crippen molar-refractivity contribution in [1.82, 2.24) is 10.2 Å². The van der Waals surface area contributed by atoms with Crippen LogP contribution in [0.15, 0.2) is 18.3 Å². The number of hydrogen-bond donors (Lipinski definition) is 2. The number of hydrogen-bond acceptors (Lipinski definition) is 2. The third-order valence-corrected chi connectivity index (χ3v) is 2.00. The Labute approximate surface area is 78.4 Å². The second kappa shape index (κ2) is 3.10. The van der Waals surface area contributed by atoms with Crippen LogP contribution in [0, 0.1) is 5.82 Å². The molecule has 0 saturated carbocycles. The van der Waals surface area contributed by atoms with Crippen LogP contribution in [-0.2, 0) is 11.2 Å². The zero-order chi connectivity index (χ0) is 10.1. The third-order valence-electron chi connectivity index (χ3n) is 2.00. The normalized spacial score (nSPS) is 10.6. The number of nitrogens with one attached hydrogen (secondary N) is 1. The first-order valence-electron chi connectivity index (χ1n) is 4.01. The van der Waals surface area contributed by atoms with Gasteiger partial charge in [0.25, 0.3) is 0 Å². The Balaban J connectivity index is 2.64. The maximum absolute atomic E-state index is 13.3. The fourth-order valence-electron chi connectivity index (χ4n) is 1.38. The average Bonchev–Trinajstić information content (AvgIpc) is 2.57. The number of H-pyrrole nitrogens is 1. The van der Waals surface area contributed by atoms with Crippen LogP contribution in [0.4, 0.5) is 4.39 Å². The molecule has 14 heavy (non-hydrogen) atoms. The van der Waals surface area contributed by atoms with E-state index in [1.54, 1.807) is 0 Å². The molecular formula is C9H7FN2O2. The van der Waals surface area contributed by atoms with Crippen molar-refractivity contribution >= 4 is 16.9 Å². The van der Waals surface area contributed by atoms with E-state index in [0.29, 0.717) is 10.9 Å². The third kappa shape index (κ3) is 1.32. The van der Waals surface area contributed by atoms with Crippen LogP contribution < -0.4 is 0 Å². The summed E-state index contributed by atoms with van der Waals surface area (Å²) in [4.78, 5) is 10.5. The quantitative estimate of drug-likeness (QED) is 0.757. The van der Waals surface area contributed by atoms with Gasteiger partial charge in [0.05, 0.1) is 11.9 Å². The first kappa shape index (κ1) is 8.68. The second-order valence-corrected chi connectivity index (χ2v) is 2.91. The van der Waals surface area contributed by atoms with Crippen molar-refractivity contribution in [3.05, 3.63) is 29.7 Å². The summed E-state index contributed by atoms with van der Waals surface area (Å²) in [5.74, 6) is -1.57. The second-order valence-electron chi connectivity index (χ2n) is 2.91. The molecular weight excluding hydrogens is 187 g/mol. The van der Waals surface area contributed by atoms with Gasteiger partial charge in [-0.1, -0.05) is 0 Å². The highest BCUT2D eigenvalue weighted by atomic mass is 19.1. The summed E-state index contributed by atoms with van der Waals surface area (Å²) in [5.41, 5.74) is 0.742.